The van der Waals surface area contributed by atoms with Gasteiger partial charge in [-0.1, -0.05) is 0 Å². The summed E-state index contributed by atoms with van der Waals surface area (Å²) in [6.45, 7) is 6.06. The molecule has 0 radical (unpaired) electrons. The van der Waals surface area contributed by atoms with Crippen LogP contribution in [0.5, 0.6) is 0 Å². The Morgan fingerprint density at radius 2 is 1.50 bits per heavy atom. The first kappa shape index (κ1) is 11.9. The number of hydrogen-bond donors (Lipinski definition) is 0. The van der Waals surface area contributed by atoms with Gasteiger partial charge in [-0.3, -0.25) is 0 Å². The van der Waals surface area contributed by atoms with Crippen LogP contribution in [0.3, 0.4) is 0 Å². The summed E-state index contributed by atoms with van der Waals surface area (Å²) in [5.74, 6) is 0. The minimum atomic E-state index is 0.716. The smallest absolute Gasteiger partial charge is 0.102 e. The summed E-state index contributed by atoms with van der Waals surface area (Å²) in [5, 5.41) is 0. The number of ether oxygens (including phenoxy) is 2. The molecule has 0 bridgehead atoms. The van der Waals surface area contributed by atoms with Gasteiger partial charge in [-0.25, -0.2) is 0 Å². The van der Waals surface area contributed by atoms with E-state index in [2.05, 4.69) is 21.1 Å². The molecule has 0 saturated heterocycles. The molecule has 0 N–H and O–H groups in total. The average Bonchev–Trinajstić information content (AvgIpc) is 1.94. The largest absolute Gasteiger partial charge is 0.379 e. The monoisotopic (exact) mass is 176 g/mol. The molecule has 0 aromatic rings. The van der Waals surface area contributed by atoms with Crippen LogP contribution in [0.2, 0.25) is 0 Å². The number of hydrogen-bond acceptors (Lipinski definition) is 2. The zero-order valence-electron chi connectivity index (χ0n) is 8.80. The van der Waals surface area contributed by atoms with Crippen molar-refractivity contribution in [3.05, 3.63) is 0 Å². The molecular weight excluding hydrogens is 154 g/mol. The number of nitrogens with zero attached hydrogens (tertiary/aromatic N) is 1. The standard InChI is InChI=1S/C9H22NO2/c1-5-11-8-9-12-7-6-10(2,3)4/h5-9H2,1-4H3/q+1. The molecule has 0 aliphatic rings. The number of likely N-dealkylation sites (N-methyl/N-ethyl adjacent to an activating group) is 1. The second kappa shape index (κ2) is 6.40. The molecule has 0 saturated carbocycles. The summed E-state index contributed by atoms with van der Waals surface area (Å²) in [5.41, 5.74) is 0. The highest BCUT2D eigenvalue weighted by atomic mass is 16.5. The maximum absolute atomic E-state index is 5.37. The van der Waals surface area contributed by atoms with Crippen molar-refractivity contribution in [1.82, 2.24) is 0 Å². The van der Waals surface area contributed by atoms with Gasteiger partial charge in [0.15, 0.2) is 0 Å². The van der Waals surface area contributed by atoms with Crippen molar-refractivity contribution >= 4 is 0 Å². The Morgan fingerprint density at radius 1 is 0.917 bits per heavy atom. The third kappa shape index (κ3) is 9.88. The number of rotatable bonds is 7. The summed E-state index contributed by atoms with van der Waals surface area (Å²) < 4.78 is 11.5. The maximum atomic E-state index is 5.37. The van der Waals surface area contributed by atoms with Crippen molar-refractivity contribution in [2.24, 2.45) is 0 Å². The summed E-state index contributed by atoms with van der Waals surface area (Å²) in [6, 6.07) is 0. The number of quaternary nitrogens is 1. The lowest BCUT2D eigenvalue weighted by atomic mass is 10.5. The zero-order valence-corrected chi connectivity index (χ0v) is 8.80. The highest BCUT2D eigenvalue weighted by Gasteiger charge is 2.04. The van der Waals surface area contributed by atoms with E-state index >= 15 is 0 Å². The fourth-order valence-corrected chi connectivity index (χ4v) is 0.703. The van der Waals surface area contributed by atoms with Crippen LogP contribution in [0.15, 0.2) is 0 Å². The van der Waals surface area contributed by atoms with Gasteiger partial charge in [0.2, 0.25) is 0 Å². The minimum Gasteiger partial charge on any atom is -0.379 e. The normalized spacial score (nSPS) is 12.0. The topological polar surface area (TPSA) is 18.5 Å². The highest BCUT2D eigenvalue weighted by molar-refractivity contribution is 4.31. The van der Waals surface area contributed by atoms with E-state index in [-0.39, 0.29) is 0 Å². The van der Waals surface area contributed by atoms with Crippen LogP contribution >= 0.6 is 0 Å². The third-order valence-corrected chi connectivity index (χ3v) is 1.48. The van der Waals surface area contributed by atoms with Crippen molar-refractivity contribution in [2.75, 3.05) is 54.1 Å². The van der Waals surface area contributed by atoms with Crippen LogP contribution in [0.4, 0.5) is 0 Å². The summed E-state index contributed by atoms with van der Waals surface area (Å²) in [7, 11) is 6.48. The molecule has 12 heavy (non-hydrogen) atoms. The van der Waals surface area contributed by atoms with Crippen LogP contribution in [0.25, 0.3) is 0 Å². The molecule has 74 valence electrons. The minimum absolute atomic E-state index is 0.716. The van der Waals surface area contributed by atoms with Gasteiger partial charge in [0.25, 0.3) is 0 Å². The van der Waals surface area contributed by atoms with Crippen molar-refractivity contribution in [3.8, 4) is 0 Å². The molecule has 0 rings (SSSR count). The first-order chi connectivity index (χ1) is 5.56. The second-order valence-electron chi connectivity index (χ2n) is 3.82. The lowest BCUT2D eigenvalue weighted by Gasteiger charge is -2.23. The van der Waals surface area contributed by atoms with E-state index in [1.54, 1.807) is 0 Å². The van der Waals surface area contributed by atoms with E-state index in [1.807, 2.05) is 6.92 Å². The van der Waals surface area contributed by atoms with E-state index < -0.39 is 0 Å². The van der Waals surface area contributed by atoms with E-state index in [0.717, 1.165) is 24.2 Å². The van der Waals surface area contributed by atoms with E-state index in [0.29, 0.717) is 13.2 Å². The maximum Gasteiger partial charge on any atom is 0.102 e. The van der Waals surface area contributed by atoms with Crippen LogP contribution in [-0.4, -0.2) is 58.6 Å². The quantitative estimate of drug-likeness (QED) is 0.421. The van der Waals surface area contributed by atoms with Gasteiger partial charge in [-0.2, -0.15) is 0 Å². The Morgan fingerprint density at radius 3 is 2.00 bits per heavy atom. The molecule has 0 amide bonds. The molecule has 3 nitrogen and oxygen atoms in total. The first-order valence-corrected chi connectivity index (χ1v) is 4.52. The van der Waals surface area contributed by atoms with Crippen LogP contribution in [0, 0.1) is 0 Å². The van der Waals surface area contributed by atoms with E-state index in [4.69, 9.17) is 9.47 Å². The lowest BCUT2D eigenvalue weighted by Crippen LogP contribution is -2.37. The first-order valence-electron chi connectivity index (χ1n) is 4.52. The SMILES string of the molecule is CCOCCOCC[N+](C)(C)C. The predicted octanol–water partition coefficient (Wildman–Crippen LogP) is 0.746. The Kier molecular flexibility index (Phi) is 6.34. The summed E-state index contributed by atoms with van der Waals surface area (Å²) >= 11 is 0. The average molecular weight is 176 g/mol. The van der Waals surface area contributed by atoms with E-state index in [9.17, 15) is 0 Å². The highest BCUT2D eigenvalue weighted by Crippen LogP contribution is 1.89. The third-order valence-electron chi connectivity index (χ3n) is 1.48. The molecule has 0 spiro atoms. The molecule has 0 fully saturated rings. The summed E-state index contributed by atoms with van der Waals surface area (Å²) in [6.07, 6.45) is 0. The van der Waals surface area contributed by atoms with Gasteiger partial charge in [-0.05, 0) is 6.92 Å². The molecule has 0 unspecified atom stereocenters. The van der Waals surface area contributed by atoms with E-state index in [1.165, 1.54) is 0 Å². The Hall–Kier alpha value is -0.120. The molecule has 0 aliphatic carbocycles. The predicted molar refractivity (Wildman–Crippen MR) is 50.2 cm³/mol. The fourth-order valence-electron chi connectivity index (χ4n) is 0.703. The van der Waals surface area contributed by atoms with Gasteiger partial charge in [0, 0.05) is 6.61 Å². The fraction of sp³-hybridized carbons (Fsp3) is 1.00. The van der Waals surface area contributed by atoms with Crippen LogP contribution in [0.1, 0.15) is 6.92 Å². The molecule has 0 atom stereocenters. The Labute approximate surface area is 75.9 Å². The Bertz CT molecular complexity index is 99.2. The van der Waals surface area contributed by atoms with Crippen molar-refractivity contribution in [1.29, 1.82) is 0 Å². The lowest BCUT2D eigenvalue weighted by molar-refractivity contribution is -0.870. The second-order valence-corrected chi connectivity index (χ2v) is 3.82. The Balaban J connectivity index is 3.01. The van der Waals surface area contributed by atoms with Gasteiger partial charge in [-0.15, -0.1) is 0 Å². The van der Waals surface area contributed by atoms with Crippen molar-refractivity contribution in [3.63, 3.8) is 0 Å². The molecule has 3 heteroatoms. The van der Waals surface area contributed by atoms with Crippen molar-refractivity contribution in [2.45, 2.75) is 6.92 Å². The molecule has 0 aliphatic heterocycles. The van der Waals surface area contributed by atoms with Crippen molar-refractivity contribution < 1.29 is 14.0 Å². The van der Waals surface area contributed by atoms with Gasteiger partial charge >= 0.3 is 0 Å². The molecular formula is C9H22NO2+. The van der Waals surface area contributed by atoms with Gasteiger partial charge in [0.05, 0.1) is 41.0 Å². The van der Waals surface area contributed by atoms with Gasteiger partial charge < -0.3 is 14.0 Å². The molecule has 0 aromatic heterocycles. The van der Waals surface area contributed by atoms with Gasteiger partial charge in [0.1, 0.15) is 6.54 Å². The summed E-state index contributed by atoms with van der Waals surface area (Å²) in [4.78, 5) is 0. The molecule has 0 heterocycles. The van der Waals surface area contributed by atoms with Crippen LogP contribution in [-0.2, 0) is 9.47 Å². The zero-order chi connectivity index (χ0) is 9.45. The molecule has 0 aromatic carbocycles. The van der Waals surface area contributed by atoms with Crippen LogP contribution < -0.4 is 0 Å².